The fraction of sp³-hybridized carbons (Fsp3) is 0.455. The molecule has 0 aromatic heterocycles. The Balaban J connectivity index is 2.93. The molecular formula is C11H14ClFO3. The molecule has 0 heterocycles. The largest absolute Gasteiger partial charge is 0.493 e. The van der Waals surface area contributed by atoms with Gasteiger partial charge in [0.2, 0.25) is 0 Å². The summed E-state index contributed by atoms with van der Waals surface area (Å²) in [4.78, 5) is 0. The predicted molar refractivity (Wildman–Crippen MR) is 60.0 cm³/mol. The SMILES string of the molecule is COc1cc(Cl)cc(CO)c1OCCCF. The number of hydrogen-bond acceptors (Lipinski definition) is 3. The molecule has 1 aromatic carbocycles. The number of aliphatic hydroxyl groups is 1. The van der Waals surface area contributed by atoms with Crippen LogP contribution in [0.25, 0.3) is 0 Å². The Bertz CT molecular complexity index is 319. The van der Waals surface area contributed by atoms with Gasteiger partial charge in [-0.3, -0.25) is 4.39 Å². The van der Waals surface area contributed by atoms with Gasteiger partial charge in [-0.1, -0.05) is 11.6 Å². The van der Waals surface area contributed by atoms with Crippen LogP contribution in [0, 0.1) is 0 Å². The van der Waals surface area contributed by atoms with Gasteiger partial charge in [-0.15, -0.1) is 0 Å². The fourth-order valence-electron chi connectivity index (χ4n) is 1.28. The zero-order chi connectivity index (χ0) is 12.0. The van der Waals surface area contributed by atoms with Crippen LogP contribution < -0.4 is 9.47 Å². The molecule has 1 rings (SSSR count). The van der Waals surface area contributed by atoms with E-state index in [0.29, 0.717) is 28.5 Å². The summed E-state index contributed by atoms with van der Waals surface area (Å²) in [5.74, 6) is 0.859. The number of methoxy groups -OCH3 is 1. The summed E-state index contributed by atoms with van der Waals surface area (Å²) in [6.45, 7) is -0.409. The summed E-state index contributed by atoms with van der Waals surface area (Å²) in [5.41, 5.74) is 0.531. The Labute approximate surface area is 98.7 Å². The Kier molecular flexibility index (Phi) is 5.35. The highest BCUT2D eigenvalue weighted by atomic mass is 35.5. The molecule has 1 aromatic rings. The number of ether oxygens (including phenoxy) is 2. The molecule has 0 amide bonds. The Hall–Kier alpha value is -1.00. The van der Waals surface area contributed by atoms with E-state index >= 15 is 0 Å². The van der Waals surface area contributed by atoms with Crippen molar-refractivity contribution in [3.05, 3.63) is 22.7 Å². The number of alkyl halides is 1. The van der Waals surface area contributed by atoms with Gasteiger partial charge in [0.1, 0.15) is 0 Å². The molecule has 0 aliphatic rings. The fourth-order valence-corrected chi connectivity index (χ4v) is 1.52. The highest BCUT2D eigenvalue weighted by molar-refractivity contribution is 6.30. The highest BCUT2D eigenvalue weighted by Crippen LogP contribution is 2.34. The molecule has 0 aliphatic heterocycles. The minimum Gasteiger partial charge on any atom is -0.493 e. The van der Waals surface area contributed by atoms with Crippen molar-refractivity contribution in [2.24, 2.45) is 0 Å². The van der Waals surface area contributed by atoms with Crippen LogP contribution in [0.1, 0.15) is 12.0 Å². The quantitative estimate of drug-likeness (QED) is 0.787. The minimum absolute atomic E-state index is 0.206. The van der Waals surface area contributed by atoms with E-state index in [-0.39, 0.29) is 13.2 Å². The third-order valence-electron chi connectivity index (χ3n) is 2.01. The maximum Gasteiger partial charge on any atom is 0.166 e. The zero-order valence-electron chi connectivity index (χ0n) is 9.00. The summed E-state index contributed by atoms with van der Waals surface area (Å²) < 4.78 is 22.4. The maximum absolute atomic E-state index is 11.9. The number of halogens is 2. The van der Waals surface area contributed by atoms with Crippen molar-refractivity contribution >= 4 is 11.6 Å². The Morgan fingerprint density at radius 1 is 1.44 bits per heavy atom. The smallest absolute Gasteiger partial charge is 0.166 e. The van der Waals surface area contributed by atoms with E-state index in [1.54, 1.807) is 12.1 Å². The normalized spacial score (nSPS) is 10.2. The van der Waals surface area contributed by atoms with E-state index in [1.807, 2.05) is 0 Å². The summed E-state index contributed by atoms with van der Waals surface area (Å²) in [5, 5.41) is 9.61. The lowest BCUT2D eigenvalue weighted by Crippen LogP contribution is -2.03. The van der Waals surface area contributed by atoms with E-state index in [9.17, 15) is 4.39 Å². The minimum atomic E-state index is -0.440. The van der Waals surface area contributed by atoms with Crippen molar-refractivity contribution in [2.45, 2.75) is 13.0 Å². The molecular weight excluding hydrogens is 235 g/mol. The molecule has 0 atom stereocenters. The van der Waals surface area contributed by atoms with Crippen molar-refractivity contribution in [3.8, 4) is 11.5 Å². The molecule has 1 N–H and O–H groups in total. The first-order chi connectivity index (χ1) is 7.72. The first kappa shape index (κ1) is 13.1. The van der Waals surface area contributed by atoms with E-state index < -0.39 is 6.67 Å². The molecule has 16 heavy (non-hydrogen) atoms. The zero-order valence-corrected chi connectivity index (χ0v) is 9.76. The topological polar surface area (TPSA) is 38.7 Å². The van der Waals surface area contributed by atoms with Crippen molar-refractivity contribution in [2.75, 3.05) is 20.4 Å². The number of benzene rings is 1. The summed E-state index contributed by atoms with van der Waals surface area (Å²) >= 11 is 5.83. The first-order valence-corrected chi connectivity index (χ1v) is 5.26. The summed E-state index contributed by atoms with van der Waals surface area (Å²) in [6, 6.07) is 3.18. The van der Waals surface area contributed by atoms with Crippen LogP contribution in [0.4, 0.5) is 4.39 Å². The molecule has 0 spiro atoms. The first-order valence-electron chi connectivity index (χ1n) is 4.89. The molecule has 3 nitrogen and oxygen atoms in total. The molecule has 5 heteroatoms. The molecule has 0 fully saturated rings. The van der Waals surface area contributed by atoms with E-state index in [1.165, 1.54) is 7.11 Å². The van der Waals surface area contributed by atoms with Crippen LogP contribution in [0.5, 0.6) is 11.5 Å². The standard InChI is InChI=1S/C11H14ClFO3/c1-15-10-6-9(12)5-8(7-14)11(10)16-4-2-3-13/h5-6,14H,2-4,7H2,1H3. The summed E-state index contributed by atoms with van der Waals surface area (Å²) in [6.07, 6.45) is 0.302. The third kappa shape index (κ3) is 3.25. The molecule has 0 bridgehead atoms. The molecule has 0 aliphatic carbocycles. The Morgan fingerprint density at radius 2 is 2.19 bits per heavy atom. The van der Waals surface area contributed by atoms with Crippen LogP contribution in [0.2, 0.25) is 5.02 Å². The van der Waals surface area contributed by atoms with Gasteiger partial charge in [0.15, 0.2) is 11.5 Å². The van der Waals surface area contributed by atoms with Gasteiger partial charge in [0, 0.05) is 23.1 Å². The van der Waals surface area contributed by atoms with Crippen molar-refractivity contribution in [1.29, 1.82) is 0 Å². The van der Waals surface area contributed by atoms with Crippen molar-refractivity contribution in [3.63, 3.8) is 0 Å². The molecule has 0 saturated carbocycles. The van der Waals surface area contributed by atoms with Crippen LogP contribution in [-0.4, -0.2) is 25.5 Å². The van der Waals surface area contributed by atoms with E-state index in [4.69, 9.17) is 26.2 Å². The van der Waals surface area contributed by atoms with Gasteiger partial charge >= 0.3 is 0 Å². The predicted octanol–water partition coefficient (Wildman–Crippen LogP) is 2.58. The van der Waals surface area contributed by atoms with Crippen LogP contribution in [0.15, 0.2) is 12.1 Å². The lowest BCUT2D eigenvalue weighted by Gasteiger charge is -2.14. The lowest BCUT2D eigenvalue weighted by molar-refractivity contribution is 0.247. The van der Waals surface area contributed by atoms with Gasteiger partial charge in [-0.25, -0.2) is 0 Å². The summed E-state index contributed by atoms with van der Waals surface area (Å²) in [7, 11) is 1.48. The van der Waals surface area contributed by atoms with Gasteiger partial charge in [0.05, 0.1) is 27.0 Å². The second kappa shape index (κ2) is 6.55. The highest BCUT2D eigenvalue weighted by Gasteiger charge is 2.12. The van der Waals surface area contributed by atoms with Crippen LogP contribution in [0.3, 0.4) is 0 Å². The average Bonchev–Trinajstić information content (AvgIpc) is 2.30. The van der Waals surface area contributed by atoms with E-state index in [2.05, 4.69) is 0 Å². The number of hydrogen-bond donors (Lipinski definition) is 1. The van der Waals surface area contributed by atoms with Crippen molar-refractivity contribution in [1.82, 2.24) is 0 Å². The Morgan fingerprint density at radius 3 is 2.75 bits per heavy atom. The van der Waals surface area contributed by atoms with Crippen LogP contribution in [-0.2, 0) is 6.61 Å². The molecule has 0 unspecified atom stereocenters. The maximum atomic E-state index is 11.9. The second-order valence-corrected chi connectivity index (χ2v) is 3.58. The average molecular weight is 249 g/mol. The molecule has 0 saturated heterocycles. The number of rotatable bonds is 6. The van der Waals surface area contributed by atoms with Gasteiger partial charge in [0.25, 0.3) is 0 Å². The van der Waals surface area contributed by atoms with Gasteiger partial charge in [-0.05, 0) is 6.07 Å². The third-order valence-corrected chi connectivity index (χ3v) is 2.23. The van der Waals surface area contributed by atoms with Crippen molar-refractivity contribution < 1.29 is 19.0 Å². The second-order valence-electron chi connectivity index (χ2n) is 3.15. The number of aliphatic hydroxyl groups excluding tert-OH is 1. The monoisotopic (exact) mass is 248 g/mol. The lowest BCUT2D eigenvalue weighted by atomic mass is 10.2. The molecule has 0 radical (unpaired) electrons. The van der Waals surface area contributed by atoms with Crippen LogP contribution >= 0.6 is 11.6 Å². The van der Waals surface area contributed by atoms with Gasteiger partial charge < -0.3 is 14.6 Å². The molecule has 90 valence electrons. The van der Waals surface area contributed by atoms with Gasteiger partial charge in [-0.2, -0.15) is 0 Å². The van der Waals surface area contributed by atoms with E-state index in [0.717, 1.165) is 0 Å².